The first kappa shape index (κ1) is 11.3. The molecular formula is C20H13N5. The monoisotopic (exact) mass is 323 g/mol. The Kier molecular flexibility index (Phi) is 1.40. The van der Waals surface area contributed by atoms with Gasteiger partial charge >= 0.3 is 0 Å². The summed E-state index contributed by atoms with van der Waals surface area (Å²) in [4.78, 5) is 4.71. The van der Waals surface area contributed by atoms with Crippen LogP contribution in [0.5, 0.6) is 0 Å². The van der Waals surface area contributed by atoms with Crippen molar-refractivity contribution in [3.8, 4) is 0 Å². The summed E-state index contributed by atoms with van der Waals surface area (Å²) in [6, 6.07) is 13.4. The van der Waals surface area contributed by atoms with Crippen LogP contribution in [0.2, 0.25) is 0 Å². The highest BCUT2D eigenvalue weighted by Crippen LogP contribution is 2.41. The molecule has 5 heteroatoms. The highest BCUT2D eigenvalue weighted by molar-refractivity contribution is 5.60. The van der Waals surface area contributed by atoms with Crippen LogP contribution in [-0.2, 0) is 5.79 Å². The van der Waals surface area contributed by atoms with Crippen molar-refractivity contribution in [1.29, 1.82) is 0 Å². The van der Waals surface area contributed by atoms with E-state index in [0.29, 0.717) is 0 Å². The summed E-state index contributed by atoms with van der Waals surface area (Å²) in [5.41, 5.74) is 2.54. The van der Waals surface area contributed by atoms with Gasteiger partial charge in [-0.1, -0.05) is 0 Å². The normalized spacial score (nSPS) is 27.1. The highest BCUT2D eigenvalue weighted by Gasteiger charge is 2.57. The average molecular weight is 323 g/mol. The quantitative estimate of drug-likeness (QED) is 0.529. The lowest BCUT2D eigenvalue weighted by Gasteiger charge is -2.54. The molecule has 0 saturated carbocycles. The van der Waals surface area contributed by atoms with Crippen molar-refractivity contribution in [3.05, 3.63) is 81.6 Å². The SMILES string of the molecule is C1=CN2C=c3ccc4n3C35C2N1C=c1ccc(n13)=Cc1ccc(n15)C=4. The maximum absolute atomic E-state index is 2.51. The molecule has 0 aromatic carbocycles. The van der Waals surface area contributed by atoms with Crippen LogP contribution in [0.25, 0.3) is 24.6 Å². The lowest BCUT2D eigenvalue weighted by molar-refractivity contribution is -0.00297. The summed E-state index contributed by atoms with van der Waals surface area (Å²) in [6.07, 6.45) is 13.7. The van der Waals surface area contributed by atoms with Crippen molar-refractivity contribution in [3.63, 3.8) is 0 Å². The first-order valence-corrected chi connectivity index (χ1v) is 8.65. The molecule has 25 heavy (non-hydrogen) atoms. The molecule has 0 bridgehead atoms. The summed E-state index contributed by atoms with van der Waals surface area (Å²) in [7, 11) is 0. The highest BCUT2D eigenvalue weighted by atomic mass is 15.6. The summed E-state index contributed by atoms with van der Waals surface area (Å²) in [5.74, 6) is -0.340. The average Bonchev–Trinajstić information content (AvgIpc) is 3.38. The standard InChI is InChI=1S/C20H13N5/c1-2-14-10-16-4-6-18-12-22-8-7-21-11-17-5-3-15-9-13(1)23(14)20(19(21)22,24(15)17)25(16)18/h1-12,19H. The van der Waals surface area contributed by atoms with Crippen molar-refractivity contribution >= 4 is 24.6 Å². The molecule has 1 spiro atoms. The Bertz CT molecular complexity index is 1320. The minimum absolute atomic E-state index is 0.164. The van der Waals surface area contributed by atoms with Gasteiger partial charge in [-0.3, -0.25) is 13.7 Å². The van der Waals surface area contributed by atoms with Gasteiger partial charge in [-0.2, -0.15) is 0 Å². The smallest absolute Gasteiger partial charge is 0.246 e. The van der Waals surface area contributed by atoms with E-state index in [9.17, 15) is 0 Å². The van der Waals surface area contributed by atoms with Crippen molar-refractivity contribution in [1.82, 2.24) is 23.5 Å². The van der Waals surface area contributed by atoms with Gasteiger partial charge in [-0.25, -0.2) is 0 Å². The van der Waals surface area contributed by atoms with Gasteiger partial charge in [0, 0.05) is 46.9 Å². The Balaban J connectivity index is 1.79. The Hall–Kier alpha value is -3.34. The van der Waals surface area contributed by atoms with Crippen LogP contribution in [0.15, 0.2) is 48.8 Å². The molecule has 118 valence electrons. The summed E-state index contributed by atoms with van der Waals surface area (Å²) < 4.78 is 7.53. The third-order valence-electron chi connectivity index (χ3n) is 6.29. The van der Waals surface area contributed by atoms with Crippen molar-refractivity contribution in [2.24, 2.45) is 0 Å². The molecule has 0 amide bonds. The van der Waals surface area contributed by atoms with E-state index in [2.05, 4.69) is 96.9 Å². The minimum Gasteiger partial charge on any atom is -0.324 e. The molecule has 3 aromatic heterocycles. The molecule has 0 unspecified atom stereocenters. The molecule has 8 heterocycles. The third kappa shape index (κ3) is 0.915. The fourth-order valence-corrected chi connectivity index (χ4v) is 5.55. The largest absolute Gasteiger partial charge is 0.324 e. The first-order valence-electron chi connectivity index (χ1n) is 8.65. The van der Waals surface area contributed by atoms with Gasteiger partial charge in [0.2, 0.25) is 5.79 Å². The molecule has 0 radical (unpaired) electrons. The zero-order valence-electron chi connectivity index (χ0n) is 13.2. The molecule has 0 N–H and O–H groups in total. The second-order valence-corrected chi connectivity index (χ2v) is 7.36. The third-order valence-corrected chi connectivity index (χ3v) is 6.29. The van der Waals surface area contributed by atoms with Crippen LogP contribution in [-0.4, -0.2) is 29.7 Å². The zero-order valence-corrected chi connectivity index (χ0v) is 13.2. The molecule has 0 atom stereocenters. The Morgan fingerprint density at radius 1 is 0.600 bits per heavy atom. The van der Waals surface area contributed by atoms with E-state index in [1.807, 2.05) is 0 Å². The van der Waals surface area contributed by atoms with Gasteiger partial charge in [0.1, 0.15) is 0 Å². The zero-order chi connectivity index (χ0) is 15.9. The van der Waals surface area contributed by atoms with E-state index in [4.69, 9.17) is 0 Å². The Labute approximate surface area is 142 Å². The number of aromatic nitrogens is 3. The van der Waals surface area contributed by atoms with Crippen LogP contribution in [0, 0.1) is 0 Å². The van der Waals surface area contributed by atoms with E-state index in [1.54, 1.807) is 0 Å². The fraction of sp³-hybridized carbons (Fsp3) is 0.100. The molecule has 5 nitrogen and oxygen atoms in total. The van der Waals surface area contributed by atoms with E-state index < -0.39 is 0 Å². The van der Waals surface area contributed by atoms with E-state index in [0.717, 1.165) is 0 Å². The number of hydrogen-bond donors (Lipinski definition) is 0. The van der Waals surface area contributed by atoms with Crippen molar-refractivity contribution in [2.75, 3.05) is 0 Å². The van der Waals surface area contributed by atoms with Crippen LogP contribution in [0.4, 0.5) is 0 Å². The lowest BCUT2D eigenvalue weighted by Crippen LogP contribution is -2.76. The topological polar surface area (TPSA) is 21.3 Å². The van der Waals surface area contributed by atoms with Gasteiger partial charge < -0.3 is 9.80 Å². The van der Waals surface area contributed by atoms with Gasteiger partial charge in [0.25, 0.3) is 0 Å². The van der Waals surface area contributed by atoms with Gasteiger partial charge in [0.05, 0.1) is 10.7 Å². The van der Waals surface area contributed by atoms with Crippen molar-refractivity contribution in [2.45, 2.75) is 12.0 Å². The number of nitrogens with zero attached hydrogens (tertiary/aromatic N) is 5. The minimum atomic E-state index is -0.340. The van der Waals surface area contributed by atoms with E-state index >= 15 is 0 Å². The summed E-state index contributed by atoms with van der Waals surface area (Å²) in [6.45, 7) is 0. The molecule has 0 saturated heterocycles. The molecular weight excluding hydrogens is 310 g/mol. The molecule has 5 aliphatic heterocycles. The van der Waals surface area contributed by atoms with Gasteiger partial charge in [-0.05, 0) is 48.6 Å². The summed E-state index contributed by atoms with van der Waals surface area (Å²) >= 11 is 0. The predicted molar refractivity (Wildman–Crippen MR) is 93.2 cm³/mol. The molecule has 3 aromatic rings. The predicted octanol–water partition coefficient (Wildman–Crippen LogP) is -0.999. The van der Waals surface area contributed by atoms with E-state index in [-0.39, 0.29) is 12.0 Å². The van der Waals surface area contributed by atoms with Gasteiger partial charge in [-0.15, -0.1) is 0 Å². The summed E-state index contributed by atoms with van der Waals surface area (Å²) in [5, 5.41) is 5.02. The second kappa shape index (κ2) is 3.11. The first-order chi connectivity index (χ1) is 12.4. The van der Waals surface area contributed by atoms with E-state index in [1.165, 1.54) is 32.8 Å². The molecule has 8 rings (SSSR count). The lowest BCUT2D eigenvalue weighted by atomic mass is 10.1. The maximum Gasteiger partial charge on any atom is 0.246 e. The maximum atomic E-state index is 2.51. The Morgan fingerprint density at radius 2 is 1.12 bits per heavy atom. The van der Waals surface area contributed by atoms with Crippen LogP contribution < -0.4 is 21.4 Å². The second-order valence-electron chi connectivity index (χ2n) is 7.36. The Morgan fingerprint density at radius 3 is 1.68 bits per heavy atom. The van der Waals surface area contributed by atoms with Crippen LogP contribution in [0.3, 0.4) is 0 Å². The molecule has 0 fully saturated rings. The number of hydrogen-bond acceptors (Lipinski definition) is 2. The van der Waals surface area contributed by atoms with Crippen LogP contribution in [0.1, 0.15) is 11.4 Å². The van der Waals surface area contributed by atoms with Crippen LogP contribution >= 0.6 is 0 Å². The van der Waals surface area contributed by atoms with Crippen molar-refractivity contribution < 1.29 is 0 Å². The van der Waals surface area contributed by atoms with Gasteiger partial charge in [0.15, 0.2) is 6.17 Å². The number of rotatable bonds is 0. The molecule has 5 aliphatic rings. The fourth-order valence-electron chi connectivity index (χ4n) is 5.55. The molecule has 0 aliphatic carbocycles.